The fraction of sp³-hybridized carbons (Fsp3) is 0.833. The van der Waals surface area contributed by atoms with Gasteiger partial charge < -0.3 is 16.2 Å². The second kappa shape index (κ2) is 6.00. The van der Waals surface area contributed by atoms with Crippen LogP contribution >= 0.6 is 0 Å². The van der Waals surface area contributed by atoms with E-state index in [4.69, 9.17) is 10.8 Å². The average Bonchev–Trinajstić information content (AvgIpc) is 2.27. The molecule has 0 saturated heterocycles. The first kappa shape index (κ1) is 14.0. The summed E-state index contributed by atoms with van der Waals surface area (Å²) in [6, 6.07) is -0.246. The SMILES string of the molecule is CC(NC(=O)C1CCCC(N)C1)C(C)C(=O)O. The van der Waals surface area contributed by atoms with Crippen LogP contribution in [-0.2, 0) is 9.59 Å². The van der Waals surface area contributed by atoms with E-state index < -0.39 is 11.9 Å². The summed E-state index contributed by atoms with van der Waals surface area (Å²) in [5.74, 6) is -1.57. The average molecular weight is 242 g/mol. The van der Waals surface area contributed by atoms with Crippen LogP contribution in [0, 0.1) is 11.8 Å². The highest BCUT2D eigenvalue weighted by atomic mass is 16.4. The van der Waals surface area contributed by atoms with Crippen LogP contribution in [0.2, 0.25) is 0 Å². The first-order chi connectivity index (χ1) is 7.91. The Labute approximate surface area is 102 Å². The second-order valence-corrected chi connectivity index (χ2v) is 5.05. The summed E-state index contributed by atoms with van der Waals surface area (Å²) in [4.78, 5) is 22.7. The summed E-state index contributed by atoms with van der Waals surface area (Å²) < 4.78 is 0. The van der Waals surface area contributed by atoms with Crippen molar-refractivity contribution in [2.75, 3.05) is 0 Å². The van der Waals surface area contributed by atoms with Crippen LogP contribution in [0.25, 0.3) is 0 Å². The summed E-state index contributed by atoms with van der Waals surface area (Å²) >= 11 is 0. The van der Waals surface area contributed by atoms with Crippen molar-refractivity contribution in [3.63, 3.8) is 0 Å². The number of carboxylic acid groups (broad SMARTS) is 1. The first-order valence-electron chi connectivity index (χ1n) is 6.20. The van der Waals surface area contributed by atoms with Crippen LogP contribution in [0.1, 0.15) is 39.5 Å². The zero-order valence-electron chi connectivity index (χ0n) is 10.5. The quantitative estimate of drug-likeness (QED) is 0.677. The topological polar surface area (TPSA) is 92.4 Å². The van der Waals surface area contributed by atoms with Gasteiger partial charge in [-0.15, -0.1) is 0 Å². The van der Waals surface area contributed by atoms with Crippen molar-refractivity contribution in [3.05, 3.63) is 0 Å². The molecule has 0 radical (unpaired) electrons. The monoisotopic (exact) mass is 242 g/mol. The smallest absolute Gasteiger partial charge is 0.308 e. The fourth-order valence-corrected chi connectivity index (χ4v) is 2.15. The third-order valence-corrected chi connectivity index (χ3v) is 3.60. The van der Waals surface area contributed by atoms with Gasteiger partial charge in [-0.05, 0) is 33.1 Å². The molecule has 1 amide bonds. The molecule has 0 aromatic heterocycles. The summed E-state index contributed by atoms with van der Waals surface area (Å²) in [7, 11) is 0. The molecule has 1 saturated carbocycles. The van der Waals surface area contributed by atoms with E-state index in [1.165, 1.54) is 0 Å². The van der Waals surface area contributed by atoms with Crippen molar-refractivity contribution in [2.45, 2.75) is 51.6 Å². The van der Waals surface area contributed by atoms with E-state index in [9.17, 15) is 9.59 Å². The predicted octanol–water partition coefficient (Wildman–Crippen LogP) is 0.729. The van der Waals surface area contributed by atoms with Crippen molar-refractivity contribution >= 4 is 11.9 Å². The lowest BCUT2D eigenvalue weighted by atomic mass is 9.85. The van der Waals surface area contributed by atoms with Crippen molar-refractivity contribution in [2.24, 2.45) is 17.6 Å². The number of amides is 1. The maximum Gasteiger partial charge on any atom is 0.308 e. The molecular formula is C12H22N2O3. The van der Waals surface area contributed by atoms with E-state index >= 15 is 0 Å². The Morgan fingerprint density at radius 2 is 2.00 bits per heavy atom. The zero-order chi connectivity index (χ0) is 13.0. The minimum absolute atomic E-state index is 0.0535. The number of nitrogens with two attached hydrogens (primary N) is 1. The van der Waals surface area contributed by atoms with Crippen molar-refractivity contribution in [3.8, 4) is 0 Å². The van der Waals surface area contributed by atoms with Gasteiger partial charge in [-0.2, -0.15) is 0 Å². The lowest BCUT2D eigenvalue weighted by Gasteiger charge is -2.27. The molecular weight excluding hydrogens is 220 g/mol. The van der Waals surface area contributed by atoms with Gasteiger partial charge in [0.25, 0.3) is 0 Å². The molecule has 0 spiro atoms. The van der Waals surface area contributed by atoms with Crippen molar-refractivity contribution in [1.82, 2.24) is 5.32 Å². The molecule has 4 N–H and O–H groups in total. The molecule has 1 rings (SSSR count). The highest BCUT2D eigenvalue weighted by Crippen LogP contribution is 2.23. The predicted molar refractivity (Wildman–Crippen MR) is 64.3 cm³/mol. The van der Waals surface area contributed by atoms with E-state index in [1.807, 2.05) is 0 Å². The fourth-order valence-electron chi connectivity index (χ4n) is 2.15. The molecule has 4 atom stereocenters. The molecule has 4 unspecified atom stereocenters. The van der Waals surface area contributed by atoms with Crippen LogP contribution in [0.15, 0.2) is 0 Å². The number of rotatable bonds is 4. The highest BCUT2D eigenvalue weighted by molar-refractivity contribution is 5.80. The Morgan fingerprint density at radius 1 is 1.35 bits per heavy atom. The van der Waals surface area contributed by atoms with Gasteiger partial charge in [-0.1, -0.05) is 6.42 Å². The van der Waals surface area contributed by atoms with E-state index in [0.717, 1.165) is 19.3 Å². The maximum absolute atomic E-state index is 11.9. The minimum atomic E-state index is -0.891. The van der Waals surface area contributed by atoms with Crippen LogP contribution < -0.4 is 11.1 Å². The Balaban J connectivity index is 2.45. The number of carboxylic acids is 1. The Bertz CT molecular complexity index is 293. The van der Waals surface area contributed by atoms with Crippen LogP contribution in [0.3, 0.4) is 0 Å². The number of nitrogens with one attached hydrogen (secondary N) is 1. The van der Waals surface area contributed by atoms with Gasteiger partial charge in [0.1, 0.15) is 0 Å². The molecule has 0 bridgehead atoms. The van der Waals surface area contributed by atoms with Gasteiger partial charge in [0, 0.05) is 18.0 Å². The highest BCUT2D eigenvalue weighted by Gasteiger charge is 2.28. The molecule has 1 fully saturated rings. The summed E-state index contributed by atoms with van der Waals surface area (Å²) in [5.41, 5.74) is 5.83. The Hall–Kier alpha value is -1.10. The molecule has 5 heteroatoms. The lowest BCUT2D eigenvalue weighted by Crippen LogP contribution is -2.45. The number of hydrogen-bond donors (Lipinski definition) is 3. The standard InChI is InChI=1S/C12H22N2O3/c1-7(12(16)17)8(2)14-11(15)9-4-3-5-10(13)6-9/h7-10H,3-6,13H2,1-2H3,(H,14,15)(H,16,17). The molecule has 0 aromatic carbocycles. The number of aliphatic carboxylic acids is 1. The lowest BCUT2D eigenvalue weighted by molar-refractivity contribution is -0.142. The molecule has 98 valence electrons. The number of carbonyl (C=O) groups excluding carboxylic acids is 1. The van der Waals surface area contributed by atoms with Gasteiger partial charge in [0.2, 0.25) is 5.91 Å². The molecule has 0 aromatic rings. The molecule has 17 heavy (non-hydrogen) atoms. The molecule has 1 aliphatic carbocycles. The molecule has 0 aliphatic heterocycles. The maximum atomic E-state index is 11.9. The van der Waals surface area contributed by atoms with Crippen LogP contribution in [0.5, 0.6) is 0 Å². The van der Waals surface area contributed by atoms with Crippen LogP contribution in [0.4, 0.5) is 0 Å². The zero-order valence-corrected chi connectivity index (χ0v) is 10.5. The minimum Gasteiger partial charge on any atom is -0.481 e. The Kier molecular flexibility index (Phi) is 4.93. The van der Waals surface area contributed by atoms with E-state index in [1.54, 1.807) is 13.8 Å². The largest absolute Gasteiger partial charge is 0.481 e. The molecule has 1 aliphatic rings. The van der Waals surface area contributed by atoms with E-state index in [-0.39, 0.29) is 23.9 Å². The third-order valence-electron chi connectivity index (χ3n) is 3.60. The summed E-state index contributed by atoms with van der Waals surface area (Å²) in [5, 5.41) is 11.6. The second-order valence-electron chi connectivity index (χ2n) is 5.05. The van der Waals surface area contributed by atoms with Gasteiger partial charge >= 0.3 is 5.97 Å². The van der Waals surface area contributed by atoms with Gasteiger partial charge in [-0.3, -0.25) is 9.59 Å². The number of carbonyl (C=O) groups is 2. The Morgan fingerprint density at radius 3 is 2.53 bits per heavy atom. The normalized spacial score (nSPS) is 28.2. The first-order valence-corrected chi connectivity index (χ1v) is 6.20. The van der Waals surface area contributed by atoms with Gasteiger partial charge in [-0.25, -0.2) is 0 Å². The van der Waals surface area contributed by atoms with Crippen molar-refractivity contribution in [1.29, 1.82) is 0 Å². The van der Waals surface area contributed by atoms with Gasteiger partial charge in [0.05, 0.1) is 5.92 Å². The van der Waals surface area contributed by atoms with E-state index in [0.29, 0.717) is 6.42 Å². The summed E-state index contributed by atoms with van der Waals surface area (Å²) in [6.07, 6.45) is 3.51. The van der Waals surface area contributed by atoms with Crippen LogP contribution in [-0.4, -0.2) is 29.1 Å². The number of hydrogen-bond acceptors (Lipinski definition) is 3. The van der Waals surface area contributed by atoms with Crippen molar-refractivity contribution < 1.29 is 14.7 Å². The molecule has 5 nitrogen and oxygen atoms in total. The molecule has 0 heterocycles. The van der Waals surface area contributed by atoms with Gasteiger partial charge in [0.15, 0.2) is 0 Å². The third kappa shape index (κ3) is 4.00. The van der Waals surface area contributed by atoms with E-state index in [2.05, 4.69) is 5.32 Å². The summed E-state index contributed by atoms with van der Waals surface area (Å²) in [6.45, 7) is 3.32.